The molecule has 0 aromatic rings. The normalized spacial score (nSPS) is 26.9. The molecule has 3 heteroatoms. The zero-order valence-electron chi connectivity index (χ0n) is 13.9. The van der Waals surface area contributed by atoms with Gasteiger partial charge in [-0.25, -0.2) is 0 Å². The Balaban J connectivity index is 2.28. The SMILES string of the molecule is CCCCOCCOC1(CNCC)CCC(CC)CC1. The topological polar surface area (TPSA) is 30.5 Å². The van der Waals surface area contributed by atoms with E-state index < -0.39 is 0 Å². The van der Waals surface area contributed by atoms with Crippen molar-refractivity contribution in [2.24, 2.45) is 5.92 Å². The molecule has 1 fully saturated rings. The molecule has 1 aliphatic rings. The molecule has 0 aromatic heterocycles. The summed E-state index contributed by atoms with van der Waals surface area (Å²) in [6, 6.07) is 0. The molecule has 0 bridgehead atoms. The minimum atomic E-state index is 0.0653. The maximum absolute atomic E-state index is 6.26. The Kier molecular flexibility index (Phi) is 9.49. The van der Waals surface area contributed by atoms with Gasteiger partial charge >= 0.3 is 0 Å². The van der Waals surface area contributed by atoms with Crippen molar-refractivity contribution in [2.45, 2.75) is 71.3 Å². The Morgan fingerprint density at radius 1 is 1.05 bits per heavy atom. The number of hydrogen-bond donors (Lipinski definition) is 1. The maximum atomic E-state index is 6.26. The van der Waals surface area contributed by atoms with E-state index in [2.05, 4.69) is 26.1 Å². The van der Waals surface area contributed by atoms with E-state index >= 15 is 0 Å². The fraction of sp³-hybridized carbons (Fsp3) is 1.00. The highest BCUT2D eigenvalue weighted by molar-refractivity contribution is 4.89. The Bertz CT molecular complexity index is 225. The van der Waals surface area contributed by atoms with Crippen molar-refractivity contribution in [3.8, 4) is 0 Å². The van der Waals surface area contributed by atoms with Gasteiger partial charge in [0.15, 0.2) is 0 Å². The molecular formula is C17H35NO2. The van der Waals surface area contributed by atoms with Crippen molar-refractivity contribution in [3.05, 3.63) is 0 Å². The van der Waals surface area contributed by atoms with Crippen LogP contribution in [0.4, 0.5) is 0 Å². The summed E-state index contributed by atoms with van der Waals surface area (Å²) < 4.78 is 11.9. The highest BCUT2D eigenvalue weighted by atomic mass is 16.5. The highest BCUT2D eigenvalue weighted by Crippen LogP contribution is 2.35. The molecule has 0 unspecified atom stereocenters. The lowest BCUT2D eigenvalue weighted by molar-refractivity contribution is -0.0926. The number of rotatable bonds is 11. The van der Waals surface area contributed by atoms with Crippen molar-refractivity contribution >= 4 is 0 Å². The largest absolute Gasteiger partial charge is 0.379 e. The Labute approximate surface area is 125 Å². The molecular weight excluding hydrogens is 250 g/mol. The van der Waals surface area contributed by atoms with Gasteiger partial charge in [-0.15, -0.1) is 0 Å². The average Bonchev–Trinajstić information content (AvgIpc) is 2.49. The first-order valence-corrected chi connectivity index (χ1v) is 8.68. The quantitative estimate of drug-likeness (QED) is 0.586. The van der Waals surface area contributed by atoms with Crippen LogP contribution < -0.4 is 5.32 Å². The summed E-state index contributed by atoms with van der Waals surface area (Å²) in [6.45, 7) is 11.0. The number of likely N-dealkylation sites (N-methyl/N-ethyl adjacent to an activating group) is 1. The average molecular weight is 285 g/mol. The van der Waals surface area contributed by atoms with Gasteiger partial charge < -0.3 is 14.8 Å². The first kappa shape index (κ1) is 17.9. The molecule has 1 rings (SSSR count). The molecule has 3 nitrogen and oxygen atoms in total. The summed E-state index contributed by atoms with van der Waals surface area (Å²) in [6.07, 6.45) is 8.71. The predicted molar refractivity (Wildman–Crippen MR) is 85.2 cm³/mol. The van der Waals surface area contributed by atoms with Crippen LogP contribution in [0.2, 0.25) is 0 Å². The summed E-state index contributed by atoms with van der Waals surface area (Å²) in [5, 5.41) is 3.49. The van der Waals surface area contributed by atoms with Gasteiger partial charge in [0, 0.05) is 13.2 Å². The van der Waals surface area contributed by atoms with Crippen LogP contribution in [0.1, 0.15) is 65.7 Å². The molecule has 0 heterocycles. The van der Waals surface area contributed by atoms with E-state index in [1.54, 1.807) is 0 Å². The molecule has 1 aliphatic carbocycles. The smallest absolute Gasteiger partial charge is 0.0807 e. The predicted octanol–water partition coefficient (Wildman–Crippen LogP) is 3.77. The van der Waals surface area contributed by atoms with Crippen LogP contribution in [0, 0.1) is 5.92 Å². The summed E-state index contributed by atoms with van der Waals surface area (Å²) in [4.78, 5) is 0. The maximum Gasteiger partial charge on any atom is 0.0807 e. The second-order valence-corrected chi connectivity index (χ2v) is 6.13. The van der Waals surface area contributed by atoms with Gasteiger partial charge in [0.2, 0.25) is 0 Å². The lowest BCUT2D eigenvalue weighted by atomic mass is 9.77. The van der Waals surface area contributed by atoms with Crippen molar-refractivity contribution in [1.29, 1.82) is 0 Å². The van der Waals surface area contributed by atoms with E-state index in [0.29, 0.717) is 0 Å². The molecule has 0 saturated heterocycles. The van der Waals surface area contributed by atoms with Gasteiger partial charge in [0.25, 0.3) is 0 Å². The number of nitrogens with one attached hydrogen (secondary N) is 1. The minimum absolute atomic E-state index is 0.0653. The van der Waals surface area contributed by atoms with Gasteiger partial charge in [-0.2, -0.15) is 0 Å². The van der Waals surface area contributed by atoms with Gasteiger partial charge in [-0.3, -0.25) is 0 Å². The zero-order valence-corrected chi connectivity index (χ0v) is 13.9. The van der Waals surface area contributed by atoms with Crippen LogP contribution >= 0.6 is 0 Å². The number of unbranched alkanes of at least 4 members (excludes halogenated alkanes) is 1. The van der Waals surface area contributed by atoms with Crippen LogP contribution in [0.15, 0.2) is 0 Å². The van der Waals surface area contributed by atoms with Crippen molar-refractivity contribution < 1.29 is 9.47 Å². The van der Waals surface area contributed by atoms with Crippen LogP contribution in [-0.2, 0) is 9.47 Å². The molecule has 0 amide bonds. The van der Waals surface area contributed by atoms with Crippen molar-refractivity contribution in [2.75, 3.05) is 32.9 Å². The number of ether oxygens (including phenoxy) is 2. The van der Waals surface area contributed by atoms with Crippen LogP contribution in [0.3, 0.4) is 0 Å². The van der Waals surface area contributed by atoms with E-state index in [4.69, 9.17) is 9.47 Å². The summed E-state index contributed by atoms with van der Waals surface area (Å²) in [5.41, 5.74) is 0.0653. The lowest BCUT2D eigenvalue weighted by Gasteiger charge is -2.40. The van der Waals surface area contributed by atoms with Crippen molar-refractivity contribution in [3.63, 3.8) is 0 Å². The molecule has 0 spiro atoms. The highest BCUT2D eigenvalue weighted by Gasteiger charge is 2.35. The molecule has 0 radical (unpaired) electrons. The fourth-order valence-electron chi connectivity index (χ4n) is 3.00. The molecule has 120 valence electrons. The minimum Gasteiger partial charge on any atom is -0.379 e. The van der Waals surface area contributed by atoms with Gasteiger partial charge in [-0.1, -0.05) is 33.6 Å². The van der Waals surface area contributed by atoms with Crippen LogP contribution in [-0.4, -0.2) is 38.5 Å². The summed E-state index contributed by atoms with van der Waals surface area (Å²) in [5.74, 6) is 0.911. The fourth-order valence-corrected chi connectivity index (χ4v) is 3.00. The summed E-state index contributed by atoms with van der Waals surface area (Å²) in [7, 11) is 0. The first-order valence-electron chi connectivity index (χ1n) is 8.68. The molecule has 0 aromatic carbocycles. The lowest BCUT2D eigenvalue weighted by Crippen LogP contribution is -2.46. The second kappa shape index (κ2) is 10.6. The third-order valence-corrected chi connectivity index (χ3v) is 4.57. The molecule has 1 N–H and O–H groups in total. The van der Waals surface area contributed by atoms with Crippen LogP contribution in [0.5, 0.6) is 0 Å². The summed E-state index contributed by atoms with van der Waals surface area (Å²) >= 11 is 0. The molecule has 1 saturated carbocycles. The van der Waals surface area contributed by atoms with Crippen molar-refractivity contribution in [1.82, 2.24) is 5.32 Å². The number of hydrogen-bond acceptors (Lipinski definition) is 3. The van der Waals surface area contributed by atoms with E-state index in [1.807, 2.05) is 0 Å². The molecule has 0 aliphatic heterocycles. The zero-order chi connectivity index (χ0) is 14.7. The Morgan fingerprint density at radius 2 is 1.80 bits per heavy atom. The van der Waals surface area contributed by atoms with Gasteiger partial charge in [-0.05, 0) is 44.6 Å². The van der Waals surface area contributed by atoms with E-state index in [9.17, 15) is 0 Å². The van der Waals surface area contributed by atoms with Gasteiger partial charge in [0.05, 0.1) is 18.8 Å². The Morgan fingerprint density at radius 3 is 2.40 bits per heavy atom. The van der Waals surface area contributed by atoms with E-state index in [0.717, 1.165) is 45.2 Å². The van der Waals surface area contributed by atoms with Gasteiger partial charge in [0.1, 0.15) is 0 Å². The second-order valence-electron chi connectivity index (χ2n) is 6.13. The van der Waals surface area contributed by atoms with E-state index in [-0.39, 0.29) is 5.60 Å². The standard InChI is InChI=1S/C17H35NO2/c1-4-7-12-19-13-14-20-17(15-18-6-3)10-8-16(5-2)9-11-17/h16,18H,4-15H2,1-3H3. The van der Waals surface area contributed by atoms with E-state index in [1.165, 1.54) is 38.5 Å². The van der Waals surface area contributed by atoms with Crippen LogP contribution in [0.25, 0.3) is 0 Å². The third kappa shape index (κ3) is 6.55. The third-order valence-electron chi connectivity index (χ3n) is 4.57. The monoisotopic (exact) mass is 285 g/mol. The molecule has 20 heavy (non-hydrogen) atoms. The Hall–Kier alpha value is -0.120. The molecule has 0 atom stereocenters. The first-order chi connectivity index (χ1) is 9.76.